The molecule has 1 heterocycles. The molecule has 6 heteroatoms. The molecule has 1 aliphatic heterocycles. The smallest absolute Gasteiger partial charge is 0.223 e. The van der Waals surface area contributed by atoms with E-state index in [0.717, 1.165) is 45.0 Å². The molecule has 0 spiro atoms. The molecule has 5 nitrogen and oxygen atoms in total. The van der Waals surface area contributed by atoms with Crippen LogP contribution in [0, 0.1) is 11.8 Å². The van der Waals surface area contributed by atoms with Gasteiger partial charge in [0.2, 0.25) is 5.91 Å². The van der Waals surface area contributed by atoms with Crippen molar-refractivity contribution in [3.63, 3.8) is 0 Å². The molecule has 1 aliphatic rings. The van der Waals surface area contributed by atoms with E-state index in [1.165, 1.54) is 5.56 Å². The maximum atomic E-state index is 12.3. The van der Waals surface area contributed by atoms with Gasteiger partial charge in [0.1, 0.15) is 0 Å². The van der Waals surface area contributed by atoms with E-state index in [4.69, 9.17) is 4.99 Å². The van der Waals surface area contributed by atoms with Gasteiger partial charge in [-0.15, -0.1) is 24.0 Å². The summed E-state index contributed by atoms with van der Waals surface area (Å²) in [6, 6.07) is 10.4. The van der Waals surface area contributed by atoms with E-state index < -0.39 is 0 Å². The number of nitrogens with one attached hydrogen (secondary N) is 2. The van der Waals surface area contributed by atoms with E-state index >= 15 is 0 Å². The van der Waals surface area contributed by atoms with Crippen molar-refractivity contribution >= 4 is 35.8 Å². The highest BCUT2D eigenvalue weighted by molar-refractivity contribution is 14.0. The molecule has 1 fully saturated rings. The lowest BCUT2D eigenvalue weighted by molar-refractivity contribution is -0.127. The first-order valence-electron chi connectivity index (χ1n) is 9.92. The van der Waals surface area contributed by atoms with Gasteiger partial charge >= 0.3 is 0 Å². The molecule has 0 radical (unpaired) electrons. The summed E-state index contributed by atoms with van der Waals surface area (Å²) >= 11 is 0. The Kier molecular flexibility index (Phi) is 11.4. The lowest BCUT2D eigenvalue weighted by Gasteiger charge is -2.16. The number of rotatable bonds is 9. The maximum Gasteiger partial charge on any atom is 0.223 e. The van der Waals surface area contributed by atoms with Crippen LogP contribution in [0.15, 0.2) is 35.3 Å². The number of likely N-dealkylation sites (tertiary alicyclic amines) is 1. The van der Waals surface area contributed by atoms with Crippen molar-refractivity contribution in [3.05, 3.63) is 35.9 Å². The predicted molar refractivity (Wildman–Crippen MR) is 124 cm³/mol. The quantitative estimate of drug-likeness (QED) is 0.320. The fraction of sp³-hybridized carbons (Fsp3) is 0.619. The molecule has 1 saturated heterocycles. The molecular weight excluding hydrogens is 451 g/mol. The third-order valence-electron chi connectivity index (χ3n) is 4.67. The summed E-state index contributed by atoms with van der Waals surface area (Å²) in [5.41, 5.74) is 1.28. The first-order chi connectivity index (χ1) is 12.6. The molecule has 1 unspecified atom stereocenters. The van der Waals surface area contributed by atoms with Crippen molar-refractivity contribution in [2.75, 3.05) is 32.7 Å². The van der Waals surface area contributed by atoms with Crippen LogP contribution in [0.5, 0.6) is 0 Å². The number of guanidine groups is 1. The average Bonchev–Trinajstić information content (AvgIpc) is 2.98. The third kappa shape index (κ3) is 8.95. The van der Waals surface area contributed by atoms with E-state index in [9.17, 15) is 4.79 Å². The SMILES string of the molecule is CCNC(=NCC1CC(=O)N(CCc2ccccc2)C1)NCCC(C)C.I. The Morgan fingerprint density at radius 2 is 2.00 bits per heavy atom. The molecule has 0 aliphatic carbocycles. The number of amides is 1. The highest BCUT2D eigenvalue weighted by Gasteiger charge is 2.28. The highest BCUT2D eigenvalue weighted by atomic mass is 127. The van der Waals surface area contributed by atoms with Crippen LogP contribution in [0.2, 0.25) is 0 Å². The summed E-state index contributed by atoms with van der Waals surface area (Å²) in [6.45, 7) is 10.6. The molecule has 0 bridgehead atoms. The van der Waals surface area contributed by atoms with Crippen molar-refractivity contribution in [3.8, 4) is 0 Å². The van der Waals surface area contributed by atoms with Gasteiger partial charge in [0.25, 0.3) is 0 Å². The van der Waals surface area contributed by atoms with Gasteiger partial charge in [-0.3, -0.25) is 9.79 Å². The first-order valence-corrected chi connectivity index (χ1v) is 9.92. The normalized spacial score (nSPS) is 17.2. The molecule has 2 rings (SSSR count). The van der Waals surface area contributed by atoms with Crippen molar-refractivity contribution in [2.24, 2.45) is 16.8 Å². The van der Waals surface area contributed by atoms with Crippen molar-refractivity contribution < 1.29 is 4.79 Å². The fourth-order valence-electron chi connectivity index (χ4n) is 3.14. The Morgan fingerprint density at radius 1 is 1.26 bits per heavy atom. The minimum absolute atomic E-state index is 0. The Morgan fingerprint density at radius 3 is 2.67 bits per heavy atom. The zero-order chi connectivity index (χ0) is 18.8. The average molecular weight is 486 g/mol. The summed E-state index contributed by atoms with van der Waals surface area (Å²) in [7, 11) is 0. The number of nitrogens with zero attached hydrogens (tertiary/aromatic N) is 2. The van der Waals surface area contributed by atoms with E-state index in [1.807, 2.05) is 23.1 Å². The Hall–Kier alpha value is -1.31. The standard InChI is InChI=1S/C21H34N4O.HI/c1-4-22-21(23-12-10-17(2)3)24-15-19-14-20(26)25(16-19)13-11-18-8-6-5-7-9-18;/h5-9,17,19H,4,10-16H2,1-3H3,(H2,22,23,24);1H. The molecule has 27 heavy (non-hydrogen) atoms. The zero-order valence-electron chi connectivity index (χ0n) is 16.9. The second-order valence-electron chi connectivity index (χ2n) is 7.47. The summed E-state index contributed by atoms with van der Waals surface area (Å²) in [5.74, 6) is 2.12. The monoisotopic (exact) mass is 486 g/mol. The van der Waals surface area contributed by atoms with Crippen LogP contribution in [-0.2, 0) is 11.2 Å². The van der Waals surface area contributed by atoms with Gasteiger partial charge in [-0.1, -0.05) is 44.2 Å². The number of benzene rings is 1. The van der Waals surface area contributed by atoms with Crippen LogP contribution in [0.1, 0.15) is 39.2 Å². The first kappa shape index (κ1) is 23.7. The summed E-state index contributed by atoms with van der Waals surface area (Å²) < 4.78 is 0. The number of hydrogen-bond acceptors (Lipinski definition) is 2. The van der Waals surface area contributed by atoms with Gasteiger partial charge in [0.15, 0.2) is 5.96 Å². The molecule has 1 amide bonds. The van der Waals surface area contributed by atoms with Crippen molar-refractivity contribution in [1.29, 1.82) is 0 Å². The van der Waals surface area contributed by atoms with Gasteiger partial charge in [-0.2, -0.15) is 0 Å². The van der Waals surface area contributed by atoms with Gasteiger partial charge in [-0.05, 0) is 31.2 Å². The molecule has 2 N–H and O–H groups in total. The number of carbonyl (C=O) groups excluding carboxylic acids is 1. The van der Waals surface area contributed by atoms with Gasteiger partial charge in [-0.25, -0.2) is 0 Å². The van der Waals surface area contributed by atoms with Crippen molar-refractivity contribution in [1.82, 2.24) is 15.5 Å². The molecule has 0 aromatic heterocycles. The number of carbonyl (C=O) groups is 1. The molecule has 0 saturated carbocycles. The van der Waals surface area contributed by atoms with E-state index in [0.29, 0.717) is 24.8 Å². The molecular formula is C21H35IN4O. The van der Waals surface area contributed by atoms with Gasteiger partial charge in [0.05, 0.1) is 0 Å². The largest absolute Gasteiger partial charge is 0.357 e. The van der Waals surface area contributed by atoms with Crippen LogP contribution < -0.4 is 10.6 Å². The van der Waals surface area contributed by atoms with Crippen LogP contribution >= 0.6 is 24.0 Å². The van der Waals surface area contributed by atoms with Crippen LogP contribution in [0.25, 0.3) is 0 Å². The molecule has 1 aromatic carbocycles. The topological polar surface area (TPSA) is 56.7 Å². The van der Waals surface area contributed by atoms with Crippen LogP contribution in [0.3, 0.4) is 0 Å². The van der Waals surface area contributed by atoms with Gasteiger partial charge in [0, 0.05) is 45.1 Å². The molecule has 1 atom stereocenters. The highest BCUT2D eigenvalue weighted by Crippen LogP contribution is 2.18. The third-order valence-corrected chi connectivity index (χ3v) is 4.67. The Balaban J connectivity index is 0.00000364. The van der Waals surface area contributed by atoms with E-state index in [1.54, 1.807) is 0 Å². The van der Waals surface area contributed by atoms with Crippen LogP contribution in [0.4, 0.5) is 0 Å². The summed E-state index contributed by atoms with van der Waals surface area (Å²) in [6.07, 6.45) is 2.66. The lowest BCUT2D eigenvalue weighted by Crippen LogP contribution is -2.38. The number of halogens is 1. The lowest BCUT2D eigenvalue weighted by atomic mass is 10.1. The zero-order valence-corrected chi connectivity index (χ0v) is 19.2. The van der Waals surface area contributed by atoms with Gasteiger partial charge < -0.3 is 15.5 Å². The maximum absolute atomic E-state index is 12.3. The minimum Gasteiger partial charge on any atom is -0.357 e. The van der Waals surface area contributed by atoms with E-state index in [-0.39, 0.29) is 29.9 Å². The summed E-state index contributed by atoms with van der Waals surface area (Å²) in [4.78, 5) is 19.0. The van der Waals surface area contributed by atoms with E-state index in [2.05, 4.69) is 43.5 Å². The Labute approximate surface area is 181 Å². The fourth-order valence-corrected chi connectivity index (χ4v) is 3.14. The predicted octanol–water partition coefficient (Wildman–Crippen LogP) is 3.30. The van der Waals surface area contributed by atoms with Crippen molar-refractivity contribution in [2.45, 2.75) is 40.0 Å². The summed E-state index contributed by atoms with van der Waals surface area (Å²) in [5, 5.41) is 6.68. The second-order valence-corrected chi connectivity index (χ2v) is 7.47. The molecule has 152 valence electrons. The minimum atomic E-state index is 0. The Bertz CT molecular complexity index is 577. The van der Waals surface area contributed by atoms with Crippen LogP contribution in [-0.4, -0.2) is 49.5 Å². The second kappa shape index (κ2) is 13.0. The number of hydrogen-bond donors (Lipinski definition) is 2. The molecule has 1 aromatic rings. The number of aliphatic imine (C=N–C) groups is 1.